The molecule has 3 aromatic rings. The maximum Gasteiger partial charge on any atom is 0.341 e. The summed E-state index contributed by atoms with van der Waals surface area (Å²) in [6.45, 7) is 3.92. The number of carbonyl (C=O) groups is 2. The molecule has 26 heavy (non-hydrogen) atoms. The monoisotopic (exact) mass is 365 g/mol. The number of hydrogen-bond acceptors (Lipinski definition) is 4. The van der Waals surface area contributed by atoms with E-state index in [9.17, 15) is 9.59 Å². The highest BCUT2D eigenvalue weighted by molar-refractivity contribution is 7.20. The Kier molecular flexibility index (Phi) is 5.49. The van der Waals surface area contributed by atoms with Crippen molar-refractivity contribution in [3.05, 3.63) is 77.4 Å². The molecular formula is C21H19NO3S. The normalized spacial score (nSPS) is 10.4. The van der Waals surface area contributed by atoms with Crippen LogP contribution in [0, 0.1) is 6.92 Å². The first kappa shape index (κ1) is 17.9. The number of esters is 1. The second-order valence-corrected chi connectivity index (χ2v) is 6.69. The number of thiophene rings is 1. The Morgan fingerprint density at radius 2 is 1.62 bits per heavy atom. The van der Waals surface area contributed by atoms with E-state index in [1.807, 2.05) is 43.3 Å². The van der Waals surface area contributed by atoms with Gasteiger partial charge in [0.25, 0.3) is 5.91 Å². The summed E-state index contributed by atoms with van der Waals surface area (Å²) >= 11 is 1.38. The van der Waals surface area contributed by atoms with E-state index in [1.54, 1.807) is 31.2 Å². The molecule has 1 amide bonds. The van der Waals surface area contributed by atoms with Crippen molar-refractivity contribution in [1.29, 1.82) is 0 Å². The third-order valence-electron chi connectivity index (χ3n) is 3.93. The topological polar surface area (TPSA) is 55.4 Å². The van der Waals surface area contributed by atoms with E-state index in [4.69, 9.17) is 4.74 Å². The van der Waals surface area contributed by atoms with E-state index in [2.05, 4.69) is 5.32 Å². The first-order valence-electron chi connectivity index (χ1n) is 8.34. The number of carbonyl (C=O) groups excluding carboxylic acids is 2. The van der Waals surface area contributed by atoms with Gasteiger partial charge in [0.1, 0.15) is 5.00 Å². The molecule has 0 bridgehead atoms. The number of amides is 1. The van der Waals surface area contributed by atoms with Crippen LogP contribution in [0.2, 0.25) is 0 Å². The van der Waals surface area contributed by atoms with Crippen LogP contribution in [0.3, 0.4) is 0 Å². The predicted molar refractivity (Wildman–Crippen MR) is 105 cm³/mol. The summed E-state index contributed by atoms with van der Waals surface area (Å²) in [7, 11) is 0. The van der Waals surface area contributed by atoms with Crippen LogP contribution < -0.4 is 5.32 Å². The summed E-state index contributed by atoms with van der Waals surface area (Å²) in [4.78, 5) is 26.0. The summed E-state index contributed by atoms with van der Waals surface area (Å²) in [5.74, 6) is -0.677. The van der Waals surface area contributed by atoms with Gasteiger partial charge >= 0.3 is 5.97 Å². The number of anilines is 1. The van der Waals surface area contributed by atoms with Crippen molar-refractivity contribution >= 4 is 28.2 Å². The Balaban J connectivity index is 2.02. The molecule has 0 aliphatic carbocycles. The maximum absolute atomic E-state index is 12.5. The minimum absolute atomic E-state index is 0.253. The van der Waals surface area contributed by atoms with Gasteiger partial charge in [-0.2, -0.15) is 0 Å². The Hall–Kier alpha value is -2.92. The van der Waals surface area contributed by atoms with Gasteiger partial charge in [0, 0.05) is 10.4 Å². The average Bonchev–Trinajstić information content (AvgIpc) is 2.99. The van der Waals surface area contributed by atoms with Crippen LogP contribution in [-0.2, 0) is 4.74 Å². The summed E-state index contributed by atoms with van der Waals surface area (Å²) in [6, 6.07) is 18.7. The van der Waals surface area contributed by atoms with Crippen LogP contribution in [0.4, 0.5) is 5.00 Å². The van der Waals surface area contributed by atoms with Gasteiger partial charge in [0.05, 0.1) is 12.2 Å². The molecular weight excluding hydrogens is 346 g/mol. The summed E-state index contributed by atoms with van der Waals surface area (Å²) in [5.41, 5.74) is 2.76. The molecule has 0 aliphatic rings. The molecule has 5 heteroatoms. The zero-order chi connectivity index (χ0) is 18.5. The first-order valence-corrected chi connectivity index (χ1v) is 9.15. The van der Waals surface area contributed by atoms with Crippen LogP contribution >= 0.6 is 11.3 Å². The molecule has 0 spiro atoms. The molecule has 0 atom stereocenters. The van der Waals surface area contributed by atoms with Crippen molar-refractivity contribution in [3.63, 3.8) is 0 Å². The molecule has 0 radical (unpaired) electrons. The van der Waals surface area contributed by atoms with Gasteiger partial charge in [-0.3, -0.25) is 4.79 Å². The highest BCUT2D eigenvalue weighted by Gasteiger charge is 2.24. The second kappa shape index (κ2) is 7.97. The average molecular weight is 365 g/mol. The number of benzene rings is 2. The molecule has 0 fully saturated rings. The van der Waals surface area contributed by atoms with Crippen LogP contribution in [0.25, 0.3) is 10.4 Å². The third kappa shape index (κ3) is 3.68. The van der Waals surface area contributed by atoms with E-state index in [0.29, 0.717) is 16.1 Å². The van der Waals surface area contributed by atoms with Crippen LogP contribution in [0.5, 0.6) is 0 Å². The zero-order valence-electron chi connectivity index (χ0n) is 14.6. The van der Waals surface area contributed by atoms with Gasteiger partial charge in [-0.25, -0.2) is 4.79 Å². The standard InChI is InChI=1S/C21H19NO3S/c1-3-25-21(24)17-14(2)18(15-10-6-4-7-11-15)26-20(17)22-19(23)16-12-8-5-9-13-16/h4-13H,3H2,1-2H3,(H,22,23). The van der Waals surface area contributed by atoms with Crippen molar-refractivity contribution < 1.29 is 14.3 Å². The Morgan fingerprint density at radius 1 is 1.00 bits per heavy atom. The number of ether oxygens (including phenoxy) is 1. The van der Waals surface area contributed by atoms with Crippen LogP contribution in [0.15, 0.2) is 60.7 Å². The smallest absolute Gasteiger partial charge is 0.341 e. The highest BCUT2D eigenvalue weighted by Crippen LogP contribution is 2.40. The molecule has 1 heterocycles. The fraction of sp³-hybridized carbons (Fsp3) is 0.143. The quantitative estimate of drug-likeness (QED) is 0.636. The van der Waals surface area contributed by atoms with Crippen molar-refractivity contribution in [2.45, 2.75) is 13.8 Å². The largest absolute Gasteiger partial charge is 0.462 e. The van der Waals surface area contributed by atoms with Gasteiger partial charge in [0.2, 0.25) is 0 Å². The van der Waals surface area contributed by atoms with Gasteiger partial charge < -0.3 is 10.1 Å². The van der Waals surface area contributed by atoms with Gasteiger partial charge in [-0.05, 0) is 37.1 Å². The molecule has 0 saturated heterocycles. The van der Waals surface area contributed by atoms with Crippen molar-refractivity contribution in [2.24, 2.45) is 0 Å². The molecule has 4 nitrogen and oxygen atoms in total. The minimum Gasteiger partial charge on any atom is -0.462 e. The lowest BCUT2D eigenvalue weighted by Gasteiger charge is -2.07. The van der Waals surface area contributed by atoms with E-state index in [1.165, 1.54) is 11.3 Å². The van der Waals surface area contributed by atoms with Crippen molar-refractivity contribution in [2.75, 3.05) is 11.9 Å². The predicted octanol–water partition coefficient (Wildman–Crippen LogP) is 5.15. The first-order chi connectivity index (χ1) is 12.6. The van der Waals surface area contributed by atoms with Gasteiger partial charge in [-0.15, -0.1) is 11.3 Å². The van der Waals surface area contributed by atoms with Crippen molar-refractivity contribution in [1.82, 2.24) is 0 Å². The number of nitrogens with one attached hydrogen (secondary N) is 1. The molecule has 1 N–H and O–H groups in total. The molecule has 132 valence electrons. The zero-order valence-corrected chi connectivity index (χ0v) is 15.4. The molecule has 0 aliphatic heterocycles. The Bertz CT molecular complexity index is 917. The van der Waals surface area contributed by atoms with E-state index in [-0.39, 0.29) is 12.5 Å². The molecule has 0 unspecified atom stereocenters. The summed E-state index contributed by atoms with van der Waals surface area (Å²) in [5, 5.41) is 3.38. The van der Waals surface area contributed by atoms with E-state index < -0.39 is 5.97 Å². The van der Waals surface area contributed by atoms with Crippen LogP contribution in [0.1, 0.15) is 33.2 Å². The molecule has 0 saturated carbocycles. The van der Waals surface area contributed by atoms with Crippen molar-refractivity contribution in [3.8, 4) is 10.4 Å². The summed E-state index contributed by atoms with van der Waals surface area (Å²) in [6.07, 6.45) is 0. The maximum atomic E-state index is 12.5. The third-order valence-corrected chi connectivity index (χ3v) is 5.18. The summed E-state index contributed by atoms with van der Waals surface area (Å²) < 4.78 is 5.20. The van der Waals surface area contributed by atoms with Crippen LogP contribution in [-0.4, -0.2) is 18.5 Å². The second-order valence-electron chi connectivity index (χ2n) is 5.67. The lowest BCUT2D eigenvalue weighted by Crippen LogP contribution is -2.14. The minimum atomic E-state index is -0.424. The lowest BCUT2D eigenvalue weighted by molar-refractivity contribution is 0.0527. The Labute approximate surface area is 156 Å². The number of hydrogen-bond donors (Lipinski definition) is 1. The van der Waals surface area contributed by atoms with Gasteiger partial charge in [-0.1, -0.05) is 48.5 Å². The molecule has 2 aromatic carbocycles. The fourth-order valence-corrected chi connectivity index (χ4v) is 3.88. The lowest BCUT2D eigenvalue weighted by atomic mass is 10.1. The highest BCUT2D eigenvalue weighted by atomic mass is 32.1. The Morgan fingerprint density at radius 3 is 2.23 bits per heavy atom. The van der Waals surface area contributed by atoms with Gasteiger partial charge in [0.15, 0.2) is 0 Å². The number of rotatable bonds is 5. The molecule has 3 rings (SSSR count). The fourth-order valence-electron chi connectivity index (χ4n) is 2.68. The van der Waals surface area contributed by atoms with E-state index >= 15 is 0 Å². The SMILES string of the molecule is CCOC(=O)c1c(NC(=O)c2ccccc2)sc(-c2ccccc2)c1C. The molecule has 1 aromatic heterocycles. The van der Waals surface area contributed by atoms with E-state index in [0.717, 1.165) is 16.0 Å².